The van der Waals surface area contributed by atoms with E-state index >= 15 is 0 Å². The van der Waals surface area contributed by atoms with E-state index in [2.05, 4.69) is 4.90 Å². The van der Waals surface area contributed by atoms with E-state index in [4.69, 9.17) is 4.74 Å². The van der Waals surface area contributed by atoms with Gasteiger partial charge in [-0.25, -0.2) is 5.11 Å². The van der Waals surface area contributed by atoms with E-state index < -0.39 is 0 Å². The van der Waals surface area contributed by atoms with Crippen molar-refractivity contribution in [1.29, 1.82) is 0 Å². The highest BCUT2D eigenvalue weighted by Crippen LogP contribution is 2.10. The van der Waals surface area contributed by atoms with E-state index in [1.165, 1.54) is 0 Å². The van der Waals surface area contributed by atoms with Crippen LogP contribution in [0.5, 0.6) is 0 Å². The molecule has 3 heteroatoms. The Morgan fingerprint density at radius 1 is 1.60 bits per heavy atom. The zero-order chi connectivity index (χ0) is 7.40. The Morgan fingerprint density at radius 3 is 2.70 bits per heavy atom. The molecule has 59 valence electrons. The lowest BCUT2D eigenvalue weighted by Gasteiger charge is -2.29. The zero-order valence-electron chi connectivity index (χ0n) is 6.38. The normalized spacial score (nSPS) is 19.5. The number of likely N-dealkylation sites (N-methyl/N-ethyl adjacent to an activating group) is 1. The highest BCUT2D eigenvalue weighted by atomic mass is 16.5. The predicted molar refractivity (Wildman–Crippen MR) is 37.4 cm³/mol. The van der Waals surface area contributed by atoms with Crippen LogP contribution in [0.3, 0.4) is 0 Å². The maximum Gasteiger partial charge on any atom is 0.0949 e. The molecule has 1 saturated heterocycles. The Hall–Kier alpha value is -0.120. The van der Waals surface area contributed by atoms with Crippen LogP contribution in [-0.4, -0.2) is 44.9 Å². The second kappa shape index (κ2) is 3.91. The van der Waals surface area contributed by atoms with Gasteiger partial charge in [0.1, 0.15) is 0 Å². The Morgan fingerprint density at radius 2 is 2.30 bits per heavy atom. The number of rotatable bonds is 4. The molecule has 1 heterocycles. The third-order valence-corrected chi connectivity index (χ3v) is 1.75. The van der Waals surface area contributed by atoms with Crippen molar-refractivity contribution < 1.29 is 9.84 Å². The van der Waals surface area contributed by atoms with Crippen molar-refractivity contribution in [2.45, 2.75) is 0 Å². The van der Waals surface area contributed by atoms with Crippen LogP contribution in [0.2, 0.25) is 0 Å². The molecule has 1 fully saturated rings. The molecule has 0 unspecified atom stereocenters. The lowest BCUT2D eigenvalue weighted by molar-refractivity contribution is -0.0454. The Labute approximate surface area is 61.6 Å². The van der Waals surface area contributed by atoms with Crippen molar-refractivity contribution in [3.8, 4) is 0 Å². The summed E-state index contributed by atoms with van der Waals surface area (Å²) in [7, 11) is 1.98. The number of ether oxygens (including phenoxy) is 1. The molecule has 0 aromatic carbocycles. The van der Waals surface area contributed by atoms with Crippen LogP contribution in [-0.2, 0) is 9.84 Å². The second-order valence-electron chi connectivity index (χ2n) is 2.87. The van der Waals surface area contributed by atoms with Gasteiger partial charge in [-0.1, -0.05) is 0 Å². The van der Waals surface area contributed by atoms with Gasteiger partial charge in [-0.15, -0.1) is 0 Å². The fraction of sp³-hybridized carbons (Fsp3) is 1.00. The molecule has 0 aliphatic carbocycles. The summed E-state index contributed by atoms with van der Waals surface area (Å²) >= 11 is 0. The molecule has 0 N–H and O–H groups in total. The summed E-state index contributed by atoms with van der Waals surface area (Å²) in [6.45, 7) is 3.44. The van der Waals surface area contributed by atoms with Gasteiger partial charge in [-0.2, -0.15) is 0 Å². The molecule has 10 heavy (non-hydrogen) atoms. The van der Waals surface area contributed by atoms with Gasteiger partial charge in [0.25, 0.3) is 0 Å². The van der Waals surface area contributed by atoms with Crippen LogP contribution in [0.1, 0.15) is 0 Å². The lowest BCUT2D eigenvalue weighted by atomic mass is 10.1. The summed E-state index contributed by atoms with van der Waals surface area (Å²) in [5, 5.41) is 10.2. The first kappa shape index (κ1) is 7.98. The summed E-state index contributed by atoms with van der Waals surface area (Å²) in [5.41, 5.74) is 0. The van der Waals surface area contributed by atoms with Crippen LogP contribution in [0.15, 0.2) is 0 Å². The summed E-state index contributed by atoms with van der Waals surface area (Å²) in [6.07, 6.45) is 0. The van der Waals surface area contributed by atoms with E-state index in [9.17, 15) is 5.11 Å². The van der Waals surface area contributed by atoms with Crippen LogP contribution in [0, 0.1) is 5.92 Å². The molecule has 0 amide bonds. The predicted octanol–water partition coefficient (Wildman–Crippen LogP) is -0.00490. The molecule has 1 aliphatic heterocycles. The molecule has 0 aromatic heterocycles. The molecule has 0 bridgehead atoms. The summed E-state index contributed by atoms with van der Waals surface area (Å²) in [6, 6.07) is 0. The molecule has 1 rings (SSSR count). The van der Waals surface area contributed by atoms with Gasteiger partial charge in [0, 0.05) is 19.0 Å². The highest BCUT2D eigenvalue weighted by Gasteiger charge is 2.19. The van der Waals surface area contributed by atoms with E-state index in [0.29, 0.717) is 12.5 Å². The first-order valence-corrected chi connectivity index (χ1v) is 3.67. The maximum atomic E-state index is 10.2. The van der Waals surface area contributed by atoms with Crippen molar-refractivity contribution in [3.63, 3.8) is 0 Å². The lowest BCUT2D eigenvalue weighted by Crippen LogP contribution is -2.38. The summed E-state index contributed by atoms with van der Waals surface area (Å²) < 4.78 is 5.01. The van der Waals surface area contributed by atoms with Crippen molar-refractivity contribution in [2.24, 2.45) is 5.92 Å². The smallest absolute Gasteiger partial charge is 0.0949 e. The average Bonchev–Trinajstić information content (AvgIpc) is 1.80. The van der Waals surface area contributed by atoms with Gasteiger partial charge in [-0.05, 0) is 7.05 Å². The van der Waals surface area contributed by atoms with Gasteiger partial charge >= 0.3 is 0 Å². The molecular formula is C7H14NO2. The molecule has 0 aromatic rings. The summed E-state index contributed by atoms with van der Waals surface area (Å²) in [4.78, 5) is 2.07. The van der Waals surface area contributed by atoms with E-state index in [0.717, 1.165) is 19.8 Å². The Kier molecular flexibility index (Phi) is 3.12. The van der Waals surface area contributed by atoms with Gasteiger partial charge in [-0.3, -0.25) is 0 Å². The molecule has 0 atom stereocenters. The first-order valence-electron chi connectivity index (χ1n) is 3.67. The molecule has 3 nitrogen and oxygen atoms in total. The van der Waals surface area contributed by atoms with Gasteiger partial charge in [0.2, 0.25) is 0 Å². The van der Waals surface area contributed by atoms with Crippen molar-refractivity contribution in [3.05, 3.63) is 0 Å². The first-order chi connectivity index (χ1) is 4.83. The minimum atomic E-state index is 0.00404. The zero-order valence-corrected chi connectivity index (χ0v) is 6.38. The van der Waals surface area contributed by atoms with E-state index in [-0.39, 0.29) is 6.61 Å². The minimum Gasteiger partial charge on any atom is -0.381 e. The third kappa shape index (κ3) is 2.25. The minimum absolute atomic E-state index is 0.00404. The van der Waals surface area contributed by atoms with Crippen molar-refractivity contribution in [2.75, 3.05) is 40.0 Å². The van der Waals surface area contributed by atoms with E-state index in [1.807, 2.05) is 7.05 Å². The molecule has 1 aliphatic rings. The van der Waals surface area contributed by atoms with Gasteiger partial charge in [0.15, 0.2) is 0 Å². The fourth-order valence-electron chi connectivity index (χ4n) is 1.08. The van der Waals surface area contributed by atoms with Crippen LogP contribution >= 0.6 is 0 Å². The molecule has 1 radical (unpaired) electrons. The largest absolute Gasteiger partial charge is 0.381 e. The SMILES string of the molecule is CN(CC[O])CC1COC1. The number of hydrogen-bond acceptors (Lipinski definition) is 2. The maximum absolute atomic E-state index is 10.2. The fourth-order valence-corrected chi connectivity index (χ4v) is 1.08. The van der Waals surface area contributed by atoms with Crippen molar-refractivity contribution >= 4 is 0 Å². The monoisotopic (exact) mass is 144 g/mol. The Bertz CT molecular complexity index is 93.6. The second-order valence-corrected chi connectivity index (χ2v) is 2.87. The molecule has 0 saturated carbocycles. The standard InChI is InChI=1S/C7H14NO2/c1-8(2-3-9)4-7-5-10-6-7/h7H,2-6H2,1H3. The van der Waals surface area contributed by atoms with Gasteiger partial charge < -0.3 is 9.64 Å². The van der Waals surface area contributed by atoms with Crippen LogP contribution in [0.4, 0.5) is 0 Å². The number of hydrogen-bond donors (Lipinski definition) is 0. The van der Waals surface area contributed by atoms with Gasteiger partial charge in [0.05, 0.1) is 19.8 Å². The third-order valence-electron chi connectivity index (χ3n) is 1.75. The number of nitrogens with zero attached hydrogens (tertiary/aromatic N) is 1. The Balaban J connectivity index is 1.99. The molecule has 0 spiro atoms. The van der Waals surface area contributed by atoms with E-state index in [1.54, 1.807) is 0 Å². The molecular weight excluding hydrogens is 130 g/mol. The highest BCUT2D eigenvalue weighted by molar-refractivity contribution is 4.68. The topological polar surface area (TPSA) is 32.4 Å². The van der Waals surface area contributed by atoms with Crippen molar-refractivity contribution in [1.82, 2.24) is 4.90 Å². The average molecular weight is 144 g/mol. The van der Waals surface area contributed by atoms with Crippen LogP contribution in [0.25, 0.3) is 0 Å². The van der Waals surface area contributed by atoms with Crippen LogP contribution < -0.4 is 0 Å². The quantitative estimate of drug-likeness (QED) is 0.556. The summed E-state index contributed by atoms with van der Waals surface area (Å²) in [5.74, 6) is 0.677.